The fourth-order valence-corrected chi connectivity index (χ4v) is 1.36. The molecule has 0 bridgehead atoms. The van der Waals surface area contributed by atoms with Crippen LogP contribution in [0.3, 0.4) is 0 Å². The van der Waals surface area contributed by atoms with Crippen LogP contribution in [0.2, 0.25) is 0 Å². The molecule has 1 aliphatic heterocycles. The second-order valence-electron chi connectivity index (χ2n) is 3.47. The van der Waals surface area contributed by atoms with Gasteiger partial charge in [0.2, 0.25) is 0 Å². The van der Waals surface area contributed by atoms with E-state index in [1.807, 2.05) is 5.43 Å². The highest BCUT2D eigenvalue weighted by Crippen LogP contribution is 2.30. The fraction of sp³-hybridized carbons (Fsp3) is 0.182. The summed E-state index contributed by atoms with van der Waals surface area (Å²) in [6.45, 7) is 1.01. The molecule has 0 aliphatic carbocycles. The molecule has 0 aromatic heterocycles. The molecule has 3 N–H and O–H groups in total. The molecule has 1 aliphatic rings. The average molecular weight is 249 g/mol. The molecular formula is C11H11N3O4. The number of rotatable bonds is 2. The number of amides is 2. The van der Waals surface area contributed by atoms with Gasteiger partial charge in [-0.3, -0.25) is 9.59 Å². The first kappa shape index (κ1) is 11.9. The van der Waals surface area contributed by atoms with Crippen LogP contribution in [0.25, 0.3) is 0 Å². The van der Waals surface area contributed by atoms with Crippen LogP contribution in [0.15, 0.2) is 23.3 Å². The van der Waals surface area contributed by atoms with Crippen molar-refractivity contribution in [1.29, 1.82) is 0 Å². The van der Waals surface area contributed by atoms with Crippen LogP contribution >= 0.6 is 0 Å². The van der Waals surface area contributed by atoms with Gasteiger partial charge in [0, 0.05) is 0 Å². The summed E-state index contributed by atoms with van der Waals surface area (Å²) in [4.78, 5) is 21.3. The number of nitrogens with zero attached hydrogens (tertiary/aromatic N) is 1. The number of hydrazone groups is 1. The number of hydrogen-bond acceptors (Lipinski definition) is 5. The maximum Gasteiger partial charge on any atom is 0.329 e. The van der Waals surface area contributed by atoms with Crippen LogP contribution in [0.5, 0.6) is 11.5 Å². The maximum atomic E-state index is 10.8. The van der Waals surface area contributed by atoms with Crippen LogP contribution in [-0.4, -0.2) is 31.2 Å². The van der Waals surface area contributed by atoms with E-state index in [0.29, 0.717) is 30.3 Å². The molecule has 18 heavy (non-hydrogen) atoms. The van der Waals surface area contributed by atoms with Gasteiger partial charge < -0.3 is 15.2 Å². The molecule has 1 aromatic rings. The van der Waals surface area contributed by atoms with Crippen LogP contribution < -0.4 is 20.6 Å². The first-order valence-corrected chi connectivity index (χ1v) is 5.19. The Morgan fingerprint density at radius 1 is 1.28 bits per heavy atom. The Morgan fingerprint density at radius 3 is 2.72 bits per heavy atom. The molecule has 7 heteroatoms. The molecule has 1 aromatic carbocycles. The van der Waals surface area contributed by atoms with Gasteiger partial charge >= 0.3 is 11.8 Å². The van der Waals surface area contributed by atoms with Gasteiger partial charge in [-0.15, -0.1) is 0 Å². The van der Waals surface area contributed by atoms with Crippen molar-refractivity contribution in [3.05, 3.63) is 23.8 Å². The van der Waals surface area contributed by atoms with E-state index in [0.717, 1.165) is 0 Å². The van der Waals surface area contributed by atoms with Crippen molar-refractivity contribution in [3.8, 4) is 11.5 Å². The fourth-order valence-electron chi connectivity index (χ4n) is 1.36. The summed E-state index contributed by atoms with van der Waals surface area (Å²) >= 11 is 0. The predicted molar refractivity (Wildman–Crippen MR) is 62.4 cm³/mol. The number of hydrogen-bond donors (Lipinski definition) is 2. The third kappa shape index (κ3) is 2.76. The van der Waals surface area contributed by atoms with Gasteiger partial charge in [0.05, 0.1) is 6.21 Å². The van der Waals surface area contributed by atoms with E-state index in [2.05, 4.69) is 5.10 Å². The monoisotopic (exact) mass is 249 g/mol. The standard InChI is InChI=1S/C11H11N3O4/c12-10(15)11(16)14-13-6-7-1-2-8-9(5-7)18-4-3-17-8/h1-2,5-6H,3-4H2,(H2,12,15)(H,14,16). The number of carbonyl (C=O) groups excluding carboxylic acids is 2. The molecule has 2 amide bonds. The molecule has 0 saturated carbocycles. The smallest absolute Gasteiger partial charge is 0.329 e. The van der Waals surface area contributed by atoms with Crippen molar-refractivity contribution in [3.63, 3.8) is 0 Å². The zero-order chi connectivity index (χ0) is 13.0. The number of fused-ring (bicyclic) bond motifs is 1. The van der Waals surface area contributed by atoms with Crippen molar-refractivity contribution in [2.24, 2.45) is 10.8 Å². The zero-order valence-electron chi connectivity index (χ0n) is 9.38. The number of carbonyl (C=O) groups is 2. The first-order valence-electron chi connectivity index (χ1n) is 5.19. The quantitative estimate of drug-likeness (QED) is 0.414. The topological polar surface area (TPSA) is 103 Å². The van der Waals surface area contributed by atoms with E-state index in [1.54, 1.807) is 18.2 Å². The number of benzene rings is 1. The minimum absolute atomic E-state index is 0.492. The van der Waals surface area contributed by atoms with E-state index in [1.165, 1.54) is 6.21 Å². The highest BCUT2D eigenvalue weighted by Gasteiger charge is 2.11. The van der Waals surface area contributed by atoms with Gasteiger partial charge in [0.25, 0.3) is 0 Å². The van der Waals surface area contributed by atoms with Crippen LogP contribution in [0.1, 0.15) is 5.56 Å². The molecule has 0 saturated heterocycles. The third-order valence-corrected chi connectivity index (χ3v) is 2.17. The van der Waals surface area contributed by atoms with Crippen LogP contribution in [0.4, 0.5) is 0 Å². The highest BCUT2D eigenvalue weighted by atomic mass is 16.6. The number of nitrogens with two attached hydrogens (primary N) is 1. The Labute approximate surface area is 103 Å². The number of nitrogens with one attached hydrogen (secondary N) is 1. The van der Waals surface area contributed by atoms with Crippen LogP contribution in [-0.2, 0) is 9.59 Å². The molecule has 0 atom stereocenters. The van der Waals surface area contributed by atoms with Crippen molar-refractivity contribution in [2.45, 2.75) is 0 Å². The highest BCUT2D eigenvalue weighted by molar-refractivity contribution is 6.34. The van der Waals surface area contributed by atoms with Gasteiger partial charge in [0.1, 0.15) is 13.2 Å². The SMILES string of the molecule is NC(=O)C(=O)NN=Cc1ccc2c(c1)OCCO2. The molecule has 94 valence electrons. The lowest BCUT2D eigenvalue weighted by molar-refractivity contribution is -0.137. The lowest BCUT2D eigenvalue weighted by Crippen LogP contribution is -2.32. The summed E-state index contributed by atoms with van der Waals surface area (Å²) < 4.78 is 10.7. The Kier molecular flexibility index (Phi) is 3.42. The Hall–Kier alpha value is -2.57. The van der Waals surface area contributed by atoms with E-state index < -0.39 is 11.8 Å². The molecule has 0 spiro atoms. The molecule has 7 nitrogen and oxygen atoms in total. The van der Waals surface area contributed by atoms with Crippen molar-refractivity contribution in [1.82, 2.24) is 5.43 Å². The van der Waals surface area contributed by atoms with E-state index >= 15 is 0 Å². The molecule has 0 unspecified atom stereocenters. The summed E-state index contributed by atoms with van der Waals surface area (Å²) in [7, 11) is 0. The summed E-state index contributed by atoms with van der Waals surface area (Å²) in [6, 6.07) is 5.20. The number of primary amides is 1. The van der Waals surface area contributed by atoms with Crippen molar-refractivity contribution in [2.75, 3.05) is 13.2 Å². The van der Waals surface area contributed by atoms with E-state index in [4.69, 9.17) is 15.2 Å². The normalized spacial score (nSPS) is 13.3. The first-order chi connectivity index (χ1) is 8.66. The minimum Gasteiger partial charge on any atom is -0.486 e. The maximum absolute atomic E-state index is 10.8. The van der Waals surface area contributed by atoms with E-state index in [9.17, 15) is 9.59 Å². The lowest BCUT2D eigenvalue weighted by Gasteiger charge is -2.18. The summed E-state index contributed by atoms with van der Waals surface area (Å²) in [5.74, 6) is -0.774. The third-order valence-electron chi connectivity index (χ3n) is 2.17. The molecule has 0 radical (unpaired) electrons. The lowest BCUT2D eigenvalue weighted by atomic mass is 10.2. The second-order valence-corrected chi connectivity index (χ2v) is 3.47. The number of ether oxygens (including phenoxy) is 2. The summed E-state index contributed by atoms with van der Waals surface area (Å²) in [5, 5.41) is 3.59. The summed E-state index contributed by atoms with van der Waals surface area (Å²) in [5.41, 5.74) is 7.44. The summed E-state index contributed by atoms with van der Waals surface area (Å²) in [6.07, 6.45) is 1.37. The van der Waals surface area contributed by atoms with Gasteiger partial charge in [-0.05, 0) is 23.8 Å². The largest absolute Gasteiger partial charge is 0.486 e. The van der Waals surface area contributed by atoms with Gasteiger partial charge in [0.15, 0.2) is 11.5 Å². The Balaban J connectivity index is 2.03. The molecule has 0 fully saturated rings. The minimum atomic E-state index is -1.09. The zero-order valence-corrected chi connectivity index (χ0v) is 9.38. The van der Waals surface area contributed by atoms with Gasteiger partial charge in [-0.25, -0.2) is 5.43 Å². The molecule has 2 rings (SSSR count). The van der Waals surface area contributed by atoms with Crippen LogP contribution in [0, 0.1) is 0 Å². The second kappa shape index (κ2) is 5.17. The molecular weight excluding hydrogens is 238 g/mol. The van der Waals surface area contributed by atoms with E-state index in [-0.39, 0.29) is 0 Å². The Morgan fingerprint density at radius 2 is 2.00 bits per heavy atom. The van der Waals surface area contributed by atoms with Gasteiger partial charge in [-0.1, -0.05) is 0 Å². The Bertz CT molecular complexity index is 513. The predicted octanol–water partition coefficient (Wildman–Crippen LogP) is -0.607. The van der Waals surface area contributed by atoms with Gasteiger partial charge in [-0.2, -0.15) is 5.10 Å². The average Bonchev–Trinajstić information content (AvgIpc) is 2.38. The van der Waals surface area contributed by atoms with Crippen molar-refractivity contribution >= 4 is 18.0 Å². The molecule has 1 heterocycles. The van der Waals surface area contributed by atoms with Crippen molar-refractivity contribution < 1.29 is 19.1 Å².